The van der Waals surface area contributed by atoms with Crippen LogP contribution >= 0.6 is 45.8 Å². The largest absolute Gasteiger partial charge is 0.312 e. The van der Waals surface area contributed by atoms with Crippen molar-refractivity contribution in [3.63, 3.8) is 0 Å². The molecule has 0 aliphatic carbocycles. The summed E-state index contributed by atoms with van der Waals surface area (Å²) in [6.07, 6.45) is 0. The predicted molar refractivity (Wildman–Crippen MR) is 84.5 cm³/mol. The monoisotopic (exact) mass is 404 g/mol. The molecule has 0 fully saturated rings. The summed E-state index contributed by atoms with van der Waals surface area (Å²) >= 11 is 14.1. The summed E-state index contributed by atoms with van der Waals surface area (Å²) in [5.41, 5.74) is 2.22. The topological polar surface area (TPSA) is 43.6 Å². The maximum absolute atomic E-state index is 6.11. The van der Waals surface area contributed by atoms with Crippen LogP contribution < -0.4 is 0 Å². The minimum atomic E-state index is 0.360. The molecule has 0 aliphatic heterocycles. The third kappa shape index (κ3) is 2.30. The van der Waals surface area contributed by atoms with Crippen LogP contribution in [0.5, 0.6) is 0 Å². The van der Waals surface area contributed by atoms with Gasteiger partial charge in [-0.25, -0.2) is 15.0 Å². The molecule has 96 valence electrons. The van der Waals surface area contributed by atoms with Crippen LogP contribution in [-0.4, -0.2) is 19.5 Å². The smallest absolute Gasteiger partial charge is 0.194 e. The molecular weight excluding hydrogens is 398 g/mol. The Morgan fingerprint density at radius 2 is 1.95 bits per heavy atom. The molecule has 0 atom stereocenters. The molecule has 0 radical (unpaired) electrons. The highest BCUT2D eigenvalue weighted by molar-refractivity contribution is 14.1. The van der Waals surface area contributed by atoms with Crippen molar-refractivity contribution in [1.82, 2.24) is 19.5 Å². The maximum Gasteiger partial charge on any atom is 0.194 e. The van der Waals surface area contributed by atoms with E-state index < -0.39 is 0 Å². The second-order valence-electron chi connectivity index (χ2n) is 3.96. The zero-order valence-electron chi connectivity index (χ0n) is 9.73. The Labute approximate surface area is 132 Å². The number of rotatable bonds is 1. The van der Waals surface area contributed by atoms with Gasteiger partial charge in [-0.2, -0.15) is 0 Å². The molecule has 0 saturated carbocycles. The summed E-state index contributed by atoms with van der Waals surface area (Å²) in [6.45, 7) is 0. The first-order valence-electron chi connectivity index (χ1n) is 5.37. The summed E-state index contributed by atoms with van der Waals surface area (Å²) in [4.78, 5) is 13.0. The lowest BCUT2D eigenvalue weighted by Crippen LogP contribution is -1.96. The number of aryl methyl sites for hydroxylation is 1. The fourth-order valence-corrected chi connectivity index (χ4v) is 2.90. The summed E-state index contributed by atoms with van der Waals surface area (Å²) < 4.78 is 2.48. The van der Waals surface area contributed by atoms with Crippen molar-refractivity contribution in [2.45, 2.75) is 0 Å². The Kier molecular flexibility index (Phi) is 3.36. The third-order valence-electron chi connectivity index (χ3n) is 2.73. The Morgan fingerprint density at radius 3 is 2.68 bits per heavy atom. The second kappa shape index (κ2) is 4.88. The summed E-state index contributed by atoms with van der Waals surface area (Å²) in [7, 11) is 1.89. The zero-order valence-corrected chi connectivity index (χ0v) is 13.4. The highest BCUT2D eigenvalue weighted by atomic mass is 127. The van der Waals surface area contributed by atoms with E-state index in [-0.39, 0.29) is 0 Å². The number of aromatic nitrogens is 4. The highest BCUT2D eigenvalue weighted by Crippen LogP contribution is 2.27. The van der Waals surface area contributed by atoms with Crippen LogP contribution in [-0.2, 0) is 7.05 Å². The summed E-state index contributed by atoms with van der Waals surface area (Å²) in [5.74, 6) is 0.760. The van der Waals surface area contributed by atoms with Gasteiger partial charge in [0, 0.05) is 40.2 Å². The number of fused-ring (bicyclic) bond motifs is 1. The van der Waals surface area contributed by atoms with Crippen LogP contribution in [0.3, 0.4) is 0 Å². The van der Waals surface area contributed by atoms with Gasteiger partial charge in [0.2, 0.25) is 0 Å². The van der Waals surface area contributed by atoms with E-state index in [9.17, 15) is 0 Å². The minimum absolute atomic E-state index is 0.360. The van der Waals surface area contributed by atoms with Crippen molar-refractivity contribution < 1.29 is 0 Å². The maximum atomic E-state index is 6.11. The lowest BCUT2D eigenvalue weighted by Gasteiger charge is -2.02. The van der Waals surface area contributed by atoms with Crippen LogP contribution in [0.2, 0.25) is 10.2 Å². The van der Waals surface area contributed by atoms with Crippen molar-refractivity contribution in [3.8, 4) is 11.4 Å². The SMILES string of the molecule is Cn1c(-c2cccc(Cl)c2)nc2c(Cl)nc(I)nc21. The van der Waals surface area contributed by atoms with E-state index in [4.69, 9.17) is 23.2 Å². The average molecular weight is 405 g/mol. The number of hydrogen-bond donors (Lipinski definition) is 0. The van der Waals surface area contributed by atoms with Gasteiger partial charge in [-0.05, 0) is 12.1 Å². The molecule has 0 spiro atoms. The third-order valence-corrected chi connectivity index (χ3v) is 3.71. The van der Waals surface area contributed by atoms with Crippen LogP contribution in [0.1, 0.15) is 0 Å². The van der Waals surface area contributed by atoms with Gasteiger partial charge in [0.15, 0.2) is 14.6 Å². The van der Waals surface area contributed by atoms with Gasteiger partial charge in [0.25, 0.3) is 0 Å². The van der Waals surface area contributed by atoms with Gasteiger partial charge in [-0.15, -0.1) is 0 Å². The highest BCUT2D eigenvalue weighted by Gasteiger charge is 2.15. The lowest BCUT2D eigenvalue weighted by molar-refractivity contribution is 0.934. The second-order valence-corrected chi connectivity index (χ2v) is 5.72. The van der Waals surface area contributed by atoms with E-state index in [1.807, 2.05) is 58.5 Å². The number of benzene rings is 1. The first-order chi connectivity index (χ1) is 9.06. The molecule has 7 heteroatoms. The first kappa shape index (κ1) is 13.1. The molecule has 3 aromatic rings. The van der Waals surface area contributed by atoms with Crippen molar-refractivity contribution in [2.75, 3.05) is 0 Å². The molecule has 2 aromatic heterocycles. The van der Waals surface area contributed by atoms with E-state index in [0.29, 0.717) is 25.2 Å². The Hall–Kier alpha value is -0.920. The van der Waals surface area contributed by atoms with E-state index in [0.717, 1.165) is 11.4 Å². The van der Waals surface area contributed by atoms with Crippen molar-refractivity contribution >= 4 is 57.0 Å². The van der Waals surface area contributed by atoms with E-state index >= 15 is 0 Å². The van der Waals surface area contributed by atoms with Crippen molar-refractivity contribution in [3.05, 3.63) is 38.3 Å². The number of nitrogens with zero attached hydrogens (tertiary/aromatic N) is 4. The minimum Gasteiger partial charge on any atom is -0.312 e. The lowest BCUT2D eigenvalue weighted by atomic mass is 10.2. The zero-order chi connectivity index (χ0) is 13.6. The molecular formula is C12H7Cl2IN4. The van der Waals surface area contributed by atoms with Gasteiger partial charge in [-0.1, -0.05) is 35.3 Å². The van der Waals surface area contributed by atoms with Crippen LogP contribution in [0.25, 0.3) is 22.6 Å². The number of halogens is 3. The normalized spacial score (nSPS) is 11.2. The standard InChI is InChI=1S/C12H7Cl2IN4/c1-19-10(6-3-2-4-7(13)5-6)16-8-9(14)17-12(15)18-11(8)19/h2-5H,1H3. The van der Waals surface area contributed by atoms with Gasteiger partial charge in [0.05, 0.1) is 0 Å². The van der Waals surface area contributed by atoms with Crippen molar-refractivity contribution in [2.24, 2.45) is 7.05 Å². The molecule has 1 aromatic carbocycles. The molecule has 0 bridgehead atoms. The average Bonchev–Trinajstić information content (AvgIpc) is 2.68. The van der Waals surface area contributed by atoms with E-state index in [1.54, 1.807) is 0 Å². The van der Waals surface area contributed by atoms with Crippen molar-refractivity contribution in [1.29, 1.82) is 0 Å². The van der Waals surface area contributed by atoms with Gasteiger partial charge in [0.1, 0.15) is 11.3 Å². The molecule has 19 heavy (non-hydrogen) atoms. The predicted octanol–water partition coefficient (Wildman–Crippen LogP) is 3.94. The summed E-state index contributed by atoms with van der Waals surface area (Å²) in [5, 5.41) is 1.02. The Morgan fingerprint density at radius 1 is 1.16 bits per heavy atom. The summed E-state index contributed by atoms with van der Waals surface area (Å²) in [6, 6.07) is 7.51. The number of hydrogen-bond acceptors (Lipinski definition) is 3. The molecule has 0 amide bonds. The molecule has 4 nitrogen and oxygen atoms in total. The van der Waals surface area contributed by atoms with Gasteiger partial charge in [-0.3, -0.25) is 0 Å². The van der Waals surface area contributed by atoms with Gasteiger partial charge >= 0.3 is 0 Å². The van der Waals surface area contributed by atoms with E-state index in [1.165, 1.54) is 0 Å². The van der Waals surface area contributed by atoms with Crippen LogP contribution in [0, 0.1) is 3.83 Å². The molecule has 0 unspecified atom stereocenters. The fraction of sp³-hybridized carbons (Fsp3) is 0.0833. The van der Waals surface area contributed by atoms with Crippen LogP contribution in [0.15, 0.2) is 24.3 Å². The Balaban J connectivity index is 2.31. The Bertz CT molecular complexity index is 785. The quantitative estimate of drug-likeness (QED) is 0.350. The molecule has 2 heterocycles. The van der Waals surface area contributed by atoms with E-state index in [2.05, 4.69) is 15.0 Å². The first-order valence-corrected chi connectivity index (χ1v) is 7.21. The van der Waals surface area contributed by atoms with Gasteiger partial charge < -0.3 is 4.57 Å². The van der Waals surface area contributed by atoms with Crippen LogP contribution in [0.4, 0.5) is 0 Å². The molecule has 0 aliphatic rings. The molecule has 0 saturated heterocycles. The molecule has 3 rings (SSSR count). The number of imidazole rings is 1. The fourth-order valence-electron chi connectivity index (χ4n) is 1.89. The molecule has 0 N–H and O–H groups in total.